The second-order valence-electron chi connectivity index (χ2n) is 6.06. The number of hydrogen-bond acceptors (Lipinski definition) is 4. The fraction of sp³-hybridized carbons (Fsp3) is 0.467. The molecule has 22 heavy (non-hydrogen) atoms. The highest BCUT2D eigenvalue weighted by atomic mass is 19.4. The molecule has 1 aromatic carbocycles. The van der Waals surface area contributed by atoms with Gasteiger partial charge in [0, 0.05) is 5.41 Å². The van der Waals surface area contributed by atoms with E-state index < -0.39 is 17.8 Å². The summed E-state index contributed by atoms with van der Waals surface area (Å²) >= 11 is 0. The Morgan fingerprint density at radius 1 is 1.14 bits per heavy atom. The molecule has 7 heteroatoms. The van der Waals surface area contributed by atoms with Crippen molar-refractivity contribution in [3.63, 3.8) is 0 Å². The van der Waals surface area contributed by atoms with Gasteiger partial charge in [-0.3, -0.25) is 0 Å². The second-order valence-corrected chi connectivity index (χ2v) is 6.06. The highest BCUT2D eigenvalue weighted by molar-refractivity contribution is 5.31. The van der Waals surface area contributed by atoms with Crippen LogP contribution in [0.25, 0.3) is 0 Å². The van der Waals surface area contributed by atoms with Crippen molar-refractivity contribution in [1.82, 2.24) is 10.2 Å². The van der Waals surface area contributed by atoms with Gasteiger partial charge in [0.05, 0.1) is 18.1 Å². The summed E-state index contributed by atoms with van der Waals surface area (Å²) in [5.41, 5.74) is -1.43. The van der Waals surface area contributed by atoms with Gasteiger partial charge in [-0.15, -0.1) is 10.2 Å². The Bertz CT molecular complexity index is 645. The molecule has 0 amide bonds. The minimum Gasteiger partial charge on any atom is -0.425 e. The van der Waals surface area contributed by atoms with Crippen LogP contribution in [0.4, 0.5) is 13.2 Å². The number of alkyl halides is 3. The van der Waals surface area contributed by atoms with Crippen LogP contribution in [0.15, 0.2) is 28.7 Å². The molecule has 1 N–H and O–H groups in total. The van der Waals surface area contributed by atoms with E-state index in [0.717, 1.165) is 6.07 Å². The first kappa shape index (κ1) is 16.5. The molecule has 2 rings (SSSR count). The molecule has 120 valence electrons. The predicted molar refractivity (Wildman–Crippen MR) is 73.1 cm³/mol. The van der Waals surface area contributed by atoms with E-state index in [0.29, 0.717) is 5.89 Å². The van der Waals surface area contributed by atoms with Crippen LogP contribution < -0.4 is 0 Å². The van der Waals surface area contributed by atoms with Crippen LogP contribution in [-0.4, -0.2) is 15.3 Å². The minimum absolute atomic E-state index is 0.106. The average molecular weight is 314 g/mol. The van der Waals surface area contributed by atoms with E-state index in [-0.39, 0.29) is 23.3 Å². The van der Waals surface area contributed by atoms with Gasteiger partial charge in [-0.1, -0.05) is 39.0 Å². The van der Waals surface area contributed by atoms with E-state index >= 15 is 0 Å². The summed E-state index contributed by atoms with van der Waals surface area (Å²) in [7, 11) is 0. The number of benzene rings is 1. The van der Waals surface area contributed by atoms with Gasteiger partial charge >= 0.3 is 6.18 Å². The summed E-state index contributed by atoms with van der Waals surface area (Å²) in [5.74, 6) is 0.480. The van der Waals surface area contributed by atoms with Crippen molar-refractivity contribution in [2.45, 2.75) is 44.9 Å². The Kier molecular flexibility index (Phi) is 4.28. The molecular formula is C15H17F3N2O2. The molecule has 0 aliphatic carbocycles. The molecular weight excluding hydrogens is 297 g/mol. The van der Waals surface area contributed by atoms with Crippen molar-refractivity contribution < 1.29 is 22.7 Å². The lowest BCUT2D eigenvalue weighted by atomic mass is 9.97. The monoisotopic (exact) mass is 314 g/mol. The number of aromatic nitrogens is 2. The molecule has 2 aromatic rings. The fourth-order valence-electron chi connectivity index (χ4n) is 1.96. The van der Waals surface area contributed by atoms with Gasteiger partial charge in [0.25, 0.3) is 0 Å². The molecule has 0 fully saturated rings. The highest BCUT2D eigenvalue weighted by Gasteiger charge is 2.35. The number of aliphatic hydroxyl groups excluding tert-OH is 1. The maximum absolute atomic E-state index is 12.9. The van der Waals surface area contributed by atoms with E-state index in [9.17, 15) is 18.3 Å². The van der Waals surface area contributed by atoms with E-state index in [4.69, 9.17) is 4.42 Å². The van der Waals surface area contributed by atoms with Gasteiger partial charge < -0.3 is 9.52 Å². The Morgan fingerprint density at radius 2 is 1.77 bits per heavy atom. The van der Waals surface area contributed by atoms with Crippen molar-refractivity contribution in [1.29, 1.82) is 0 Å². The lowest BCUT2D eigenvalue weighted by Gasteiger charge is -2.16. The SMILES string of the molecule is CC(C)(C)c1nnc(CC(O)c2ccccc2C(F)(F)F)o1. The van der Waals surface area contributed by atoms with Crippen LogP contribution in [-0.2, 0) is 18.0 Å². The largest absolute Gasteiger partial charge is 0.425 e. The summed E-state index contributed by atoms with van der Waals surface area (Å²) in [6, 6.07) is 4.91. The van der Waals surface area contributed by atoms with Crippen LogP contribution in [0.2, 0.25) is 0 Å². The minimum atomic E-state index is -4.52. The topological polar surface area (TPSA) is 59.2 Å². The van der Waals surface area contributed by atoms with Gasteiger partial charge in [0.1, 0.15) is 0 Å². The van der Waals surface area contributed by atoms with E-state index in [2.05, 4.69) is 10.2 Å². The molecule has 0 saturated heterocycles. The number of rotatable bonds is 3. The van der Waals surface area contributed by atoms with Crippen molar-refractivity contribution >= 4 is 0 Å². The maximum Gasteiger partial charge on any atom is 0.416 e. The molecule has 0 aliphatic heterocycles. The molecule has 0 spiro atoms. The first-order valence-electron chi connectivity index (χ1n) is 6.76. The summed E-state index contributed by atoms with van der Waals surface area (Å²) < 4.78 is 44.2. The van der Waals surface area contributed by atoms with Gasteiger partial charge in [-0.25, -0.2) is 0 Å². The zero-order chi connectivity index (χ0) is 16.5. The molecule has 0 radical (unpaired) electrons. The number of aliphatic hydroxyl groups is 1. The Morgan fingerprint density at radius 3 is 2.32 bits per heavy atom. The van der Waals surface area contributed by atoms with E-state index in [1.165, 1.54) is 18.2 Å². The maximum atomic E-state index is 12.9. The van der Waals surface area contributed by atoms with Crippen LogP contribution in [0.1, 0.15) is 49.8 Å². The average Bonchev–Trinajstić information content (AvgIpc) is 2.86. The Labute approximate surface area is 126 Å². The van der Waals surface area contributed by atoms with E-state index in [1.54, 1.807) is 0 Å². The number of nitrogens with zero attached hydrogens (tertiary/aromatic N) is 2. The molecule has 4 nitrogen and oxygen atoms in total. The Hall–Kier alpha value is -1.89. The zero-order valence-electron chi connectivity index (χ0n) is 12.5. The van der Waals surface area contributed by atoms with Gasteiger partial charge in [0.2, 0.25) is 11.8 Å². The molecule has 0 saturated carbocycles. The lowest BCUT2D eigenvalue weighted by Crippen LogP contribution is -2.13. The predicted octanol–water partition coefficient (Wildman–Crippen LogP) is 3.66. The molecule has 0 aliphatic rings. The van der Waals surface area contributed by atoms with Crippen LogP contribution in [0, 0.1) is 0 Å². The van der Waals surface area contributed by atoms with E-state index in [1.807, 2.05) is 20.8 Å². The third-order valence-electron chi connectivity index (χ3n) is 3.10. The molecule has 1 unspecified atom stereocenters. The zero-order valence-corrected chi connectivity index (χ0v) is 12.5. The fourth-order valence-corrected chi connectivity index (χ4v) is 1.96. The molecule has 1 atom stereocenters. The molecule has 0 bridgehead atoms. The van der Waals surface area contributed by atoms with Gasteiger partial charge in [0.15, 0.2) is 0 Å². The summed E-state index contributed by atoms with van der Waals surface area (Å²) in [6.45, 7) is 5.62. The van der Waals surface area contributed by atoms with Crippen LogP contribution >= 0.6 is 0 Å². The first-order valence-corrected chi connectivity index (χ1v) is 6.76. The standard InChI is InChI=1S/C15H17F3N2O2/c1-14(2,3)13-20-19-12(22-13)8-11(21)9-6-4-5-7-10(9)15(16,17)18/h4-7,11,21H,8H2,1-3H3. The van der Waals surface area contributed by atoms with Crippen molar-refractivity contribution in [3.05, 3.63) is 47.2 Å². The van der Waals surface area contributed by atoms with Gasteiger partial charge in [-0.2, -0.15) is 13.2 Å². The quantitative estimate of drug-likeness (QED) is 0.939. The smallest absolute Gasteiger partial charge is 0.416 e. The Balaban J connectivity index is 2.23. The van der Waals surface area contributed by atoms with Crippen molar-refractivity contribution in [2.75, 3.05) is 0 Å². The third-order valence-corrected chi connectivity index (χ3v) is 3.10. The lowest BCUT2D eigenvalue weighted by molar-refractivity contribution is -0.139. The summed E-state index contributed by atoms with van der Waals surface area (Å²) in [6.07, 6.45) is -6.06. The summed E-state index contributed by atoms with van der Waals surface area (Å²) in [4.78, 5) is 0. The van der Waals surface area contributed by atoms with Crippen molar-refractivity contribution in [2.24, 2.45) is 0 Å². The molecule has 1 aromatic heterocycles. The second kappa shape index (κ2) is 5.72. The number of hydrogen-bond donors (Lipinski definition) is 1. The number of halogens is 3. The third kappa shape index (κ3) is 3.65. The van der Waals surface area contributed by atoms with Crippen LogP contribution in [0.5, 0.6) is 0 Å². The highest BCUT2D eigenvalue weighted by Crippen LogP contribution is 2.35. The van der Waals surface area contributed by atoms with Crippen molar-refractivity contribution in [3.8, 4) is 0 Å². The molecule has 1 heterocycles. The van der Waals surface area contributed by atoms with Gasteiger partial charge in [-0.05, 0) is 11.6 Å². The summed E-state index contributed by atoms with van der Waals surface area (Å²) in [5, 5.41) is 17.7. The normalized spacial score (nSPS) is 14.1. The first-order chi connectivity index (χ1) is 10.1. The van der Waals surface area contributed by atoms with Crippen LogP contribution in [0.3, 0.4) is 0 Å².